The van der Waals surface area contributed by atoms with Crippen molar-refractivity contribution in [2.75, 3.05) is 0 Å². The Hall–Kier alpha value is -2.06. The van der Waals surface area contributed by atoms with Crippen molar-refractivity contribution in [2.45, 2.75) is 32.6 Å². The van der Waals surface area contributed by atoms with Gasteiger partial charge in [0.2, 0.25) is 0 Å². The van der Waals surface area contributed by atoms with Crippen LogP contribution in [0.25, 0.3) is 0 Å². The topological polar surface area (TPSA) is 87.7 Å². The molecule has 0 amide bonds. The average Bonchev–Trinajstić information content (AvgIpc) is 3.01. The number of hydrogen-bond donors (Lipinski definition) is 2. The van der Waals surface area contributed by atoms with Crippen molar-refractivity contribution < 1.29 is 18.9 Å². The molecule has 0 radical (unpaired) electrons. The molecule has 0 aliphatic rings. The van der Waals surface area contributed by atoms with E-state index in [4.69, 9.17) is 4.52 Å². The summed E-state index contributed by atoms with van der Waals surface area (Å²) in [4.78, 5) is 16.1. The third kappa shape index (κ3) is 4.72. The first-order valence-corrected chi connectivity index (χ1v) is 8.23. The Labute approximate surface area is 146 Å². The standard InChI is InChI=1S/C16H17BrFN3O3/c1-2-3-4-11(22)8-15-12(9-24-21-15)16(20-23)19-10-5-6-14(18)13(17)7-10/h5-7,9,23H,2-4,8H2,1H3,(H,19,20). The summed E-state index contributed by atoms with van der Waals surface area (Å²) in [5.41, 5.74) is 3.14. The molecule has 8 heteroatoms. The average molecular weight is 398 g/mol. The van der Waals surface area contributed by atoms with E-state index in [-0.39, 0.29) is 22.5 Å². The van der Waals surface area contributed by atoms with Crippen LogP contribution in [-0.2, 0) is 11.2 Å². The van der Waals surface area contributed by atoms with Gasteiger partial charge in [-0.3, -0.25) is 15.5 Å². The molecular formula is C16H17BrFN3O3. The molecule has 24 heavy (non-hydrogen) atoms. The van der Waals surface area contributed by atoms with Crippen LogP contribution in [-0.4, -0.2) is 22.0 Å². The van der Waals surface area contributed by atoms with Crippen molar-refractivity contribution in [3.8, 4) is 0 Å². The monoisotopic (exact) mass is 397 g/mol. The van der Waals surface area contributed by atoms with Crippen LogP contribution in [0.4, 0.5) is 10.1 Å². The van der Waals surface area contributed by atoms with E-state index >= 15 is 0 Å². The molecule has 0 bridgehead atoms. The van der Waals surface area contributed by atoms with Crippen LogP contribution < -0.4 is 5.48 Å². The molecule has 0 aliphatic heterocycles. The fourth-order valence-electron chi connectivity index (χ4n) is 2.06. The zero-order valence-corrected chi connectivity index (χ0v) is 14.6. The Morgan fingerprint density at radius 1 is 1.50 bits per heavy atom. The lowest BCUT2D eigenvalue weighted by Gasteiger charge is -2.05. The van der Waals surface area contributed by atoms with Crippen molar-refractivity contribution in [1.29, 1.82) is 0 Å². The van der Waals surface area contributed by atoms with E-state index in [1.807, 2.05) is 12.4 Å². The molecule has 1 aromatic carbocycles. The number of nitrogens with zero attached hydrogens (tertiary/aromatic N) is 2. The van der Waals surface area contributed by atoms with E-state index < -0.39 is 5.82 Å². The van der Waals surface area contributed by atoms with Crippen LogP contribution in [0.2, 0.25) is 0 Å². The van der Waals surface area contributed by atoms with E-state index in [1.165, 1.54) is 24.5 Å². The number of nitrogens with one attached hydrogen (secondary N) is 1. The summed E-state index contributed by atoms with van der Waals surface area (Å²) >= 11 is 3.08. The number of aliphatic imine (C=N–C) groups is 1. The number of Topliss-reactive ketones (excluding diaryl/α,β-unsaturated/α-hetero) is 1. The van der Waals surface area contributed by atoms with E-state index in [0.29, 0.717) is 23.4 Å². The number of aromatic nitrogens is 1. The highest BCUT2D eigenvalue weighted by Gasteiger charge is 2.17. The molecule has 1 aromatic heterocycles. The number of rotatable bonds is 7. The lowest BCUT2D eigenvalue weighted by atomic mass is 10.1. The smallest absolute Gasteiger partial charge is 0.162 e. The van der Waals surface area contributed by atoms with Gasteiger partial charge in [0, 0.05) is 6.42 Å². The molecular weight excluding hydrogens is 381 g/mol. The number of hydroxylamine groups is 1. The predicted octanol–water partition coefficient (Wildman–Crippen LogP) is 3.94. The van der Waals surface area contributed by atoms with E-state index in [1.54, 1.807) is 0 Å². The zero-order chi connectivity index (χ0) is 17.5. The summed E-state index contributed by atoms with van der Waals surface area (Å²) in [6, 6.07) is 4.17. The molecule has 128 valence electrons. The zero-order valence-electron chi connectivity index (χ0n) is 13.1. The van der Waals surface area contributed by atoms with Gasteiger partial charge in [0.25, 0.3) is 0 Å². The van der Waals surface area contributed by atoms with Gasteiger partial charge in [0.05, 0.1) is 22.1 Å². The van der Waals surface area contributed by atoms with Gasteiger partial charge in [0.15, 0.2) is 5.84 Å². The number of hydrogen-bond acceptors (Lipinski definition) is 5. The summed E-state index contributed by atoms with van der Waals surface area (Å²) in [5, 5.41) is 13.2. The quantitative estimate of drug-likeness (QED) is 0.419. The molecule has 1 heterocycles. The van der Waals surface area contributed by atoms with Gasteiger partial charge in [-0.2, -0.15) is 0 Å². The molecule has 2 N–H and O–H groups in total. The largest absolute Gasteiger partial charge is 0.364 e. The van der Waals surface area contributed by atoms with Crippen molar-refractivity contribution >= 4 is 33.2 Å². The van der Waals surface area contributed by atoms with Crippen LogP contribution in [0.5, 0.6) is 0 Å². The SMILES string of the molecule is CCCCC(=O)Cc1nocc1C(=Nc1ccc(F)c(Br)c1)NO. The van der Waals surface area contributed by atoms with Crippen molar-refractivity contribution in [3.05, 3.63) is 46.0 Å². The Bertz CT molecular complexity index is 746. The lowest BCUT2D eigenvalue weighted by molar-refractivity contribution is -0.118. The maximum atomic E-state index is 13.3. The summed E-state index contributed by atoms with van der Waals surface area (Å²) in [7, 11) is 0. The van der Waals surface area contributed by atoms with Crippen LogP contribution >= 0.6 is 15.9 Å². The summed E-state index contributed by atoms with van der Waals surface area (Å²) in [6.45, 7) is 2.01. The number of halogens is 2. The van der Waals surface area contributed by atoms with Gasteiger partial charge in [-0.25, -0.2) is 9.38 Å². The molecule has 0 spiro atoms. The minimum absolute atomic E-state index is 0.0359. The van der Waals surface area contributed by atoms with Gasteiger partial charge >= 0.3 is 0 Å². The minimum Gasteiger partial charge on any atom is -0.364 e. The highest BCUT2D eigenvalue weighted by Crippen LogP contribution is 2.23. The fourth-order valence-corrected chi connectivity index (χ4v) is 2.42. The minimum atomic E-state index is -0.417. The normalized spacial score (nSPS) is 11.6. The van der Waals surface area contributed by atoms with Gasteiger partial charge in [-0.05, 0) is 40.5 Å². The first-order chi connectivity index (χ1) is 11.5. The van der Waals surface area contributed by atoms with Crippen molar-refractivity contribution in [3.63, 3.8) is 0 Å². The second-order valence-corrected chi connectivity index (χ2v) is 6.02. The number of amidine groups is 1. The van der Waals surface area contributed by atoms with Gasteiger partial charge in [-0.15, -0.1) is 0 Å². The van der Waals surface area contributed by atoms with Gasteiger partial charge in [-0.1, -0.05) is 18.5 Å². The molecule has 2 aromatic rings. The molecule has 0 unspecified atom stereocenters. The molecule has 0 atom stereocenters. The van der Waals surface area contributed by atoms with Crippen molar-refractivity contribution in [1.82, 2.24) is 10.6 Å². The first-order valence-electron chi connectivity index (χ1n) is 7.44. The van der Waals surface area contributed by atoms with Crippen LogP contribution in [0, 0.1) is 5.82 Å². The summed E-state index contributed by atoms with van der Waals surface area (Å²) in [5.74, 6) is -0.318. The maximum absolute atomic E-state index is 13.3. The molecule has 0 aliphatic carbocycles. The Kier molecular flexibility index (Phi) is 6.62. The number of carbonyl (C=O) groups is 1. The molecule has 6 nitrogen and oxygen atoms in total. The molecule has 0 saturated heterocycles. The summed E-state index contributed by atoms with van der Waals surface area (Å²) < 4.78 is 18.4. The maximum Gasteiger partial charge on any atom is 0.162 e. The Morgan fingerprint density at radius 3 is 2.96 bits per heavy atom. The van der Waals surface area contributed by atoms with E-state index in [9.17, 15) is 14.4 Å². The van der Waals surface area contributed by atoms with Crippen LogP contribution in [0.15, 0.2) is 38.5 Å². The number of ketones is 1. The predicted molar refractivity (Wildman–Crippen MR) is 90.0 cm³/mol. The highest BCUT2D eigenvalue weighted by atomic mass is 79.9. The van der Waals surface area contributed by atoms with E-state index in [2.05, 4.69) is 26.1 Å². The molecule has 2 rings (SSSR count). The number of unbranched alkanes of at least 4 members (excludes halogenated alkanes) is 1. The molecule has 0 saturated carbocycles. The van der Waals surface area contributed by atoms with Gasteiger partial charge in [0.1, 0.15) is 23.6 Å². The molecule has 0 fully saturated rings. The van der Waals surface area contributed by atoms with Crippen molar-refractivity contribution in [2.24, 2.45) is 4.99 Å². The lowest BCUT2D eigenvalue weighted by Crippen LogP contribution is -2.21. The Balaban J connectivity index is 2.24. The third-order valence-electron chi connectivity index (χ3n) is 3.32. The van der Waals surface area contributed by atoms with Crippen LogP contribution in [0.3, 0.4) is 0 Å². The second-order valence-electron chi connectivity index (χ2n) is 5.16. The highest BCUT2D eigenvalue weighted by molar-refractivity contribution is 9.10. The number of carbonyl (C=O) groups excluding carboxylic acids is 1. The Morgan fingerprint density at radius 2 is 2.29 bits per heavy atom. The third-order valence-corrected chi connectivity index (χ3v) is 3.93. The summed E-state index contributed by atoms with van der Waals surface area (Å²) in [6.07, 6.45) is 3.60. The fraction of sp³-hybridized carbons (Fsp3) is 0.312. The van der Waals surface area contributed by atoms with Gasteiger partial charge < -0.3 is 4.52 Å². The van der Waals surface area contributed by atoms with E-state index in [0.717, 1.165) is 12.8 Å². The van der Waals surface area contributed by atoms with Crippen LogP contribution in [0.1, 0.15) is 37.4 Å². The number of benzene rings is 1. The first kappa shape index (κ1) is 18.3. The second kappa shape index (κ2) is 8.70.